The number of unbranched alkanes of at least 4 members (excludes halogenated alkanes) is 4. The standard InChI is InChI=1S/C21H28N4O2/c1-2-3-4-5-8-11-23-20(26)19-14-27-21(25-19)17(22)12-15-13-24-18-10-7-6-9-16(15)18/h6-7,9-10,13-14,17,24H,2-5,8,11-12,22H2,1H3,(H,23,26). The number of carbonyl (C=O) groups excluding carboxylic acids is 1. The van der Waals surface area contributed by atoms with Crippen LogP contribution in [0, 0.1) is 0 Å². The van der Waals surface area contributed by atoms with E-state index in [0.29, 0.717) is 18.9 Å². The van der Waals surface area contributed by atoms with Gasteiger partial charge in [0, 0.05) is 23.6 Å². The minimum atomic E-state index is -0.403. The van der Waals surface area contributed by atoms with Crippen molar-refractivity contribution in [2.75, 3.05) is 6.54 Å². The Hall–Kier alpha value is -2.60. The number of rotatable bonds is 10. The van der Waals surface area contributed by atoms with Crippen molar-refractivity contribution in [3.63, 3.8) is 0 Å². The van der Waals surface area contributed by atoms with Crippen LogP contribution in [0.1, 0.15) is 67.0 Å². The molecule has 1 atom stereocenters. The van der Waals surface area contributed by atoms with E-state index >= 15 is 0 Å². The smallest absolute Gasteiger partial charge is 0.273 e. The van der Waals surface area contributed by atoms with Gasteiger partial charge in [0.1, 0.15) is 6.26 Å². The molecule has 0 radical (unpaired) electrons. The van der Waals surface area contributed by atoms with Crippen molar-refractivity contribution in [3.8, 4) is 0 Å². The van der Waals surface area contributed by atoms with E-state index in [-0.39, 0.29) is 11.6 Å². The molecule has 0 saturated carbocycles. The van der Waals surface area contributed by atoms with Crippen molar-refractivity contribution in [2.24, 2.45) is 5.73 Å². The number of hydrogen-bond donors (Lipinski definition) is 3. The lowest BCUT2D eigenvalue weighted by Crippen LogP contribution is -2.25. The third kappa shape index (κ3) is 4.98. The molecule has 144 valence electrons. The van der Waals surface area contributed by atoms with Crippen molar-refractivity contribution in [1.82, 2.24) is 15.3 Å². The molecule has 0 aliphatic carbocycles. The van der Waals surface area contributed by atoms with E-state index in [1.807, 2.05) is 24.4 Å². The number of para-hydroxylation sites is 1. The second-order valence-electron chi connectivity index (χ2n) is 6.91. The van der Waals surface area contributed by atoms with Gasteiger partial charge in [0.15, 0.2) is 5.69 Å². The van der Waals surface area contributed by atoms with Crippen LogP contribution in [0.3, 0.4) is 0 Å². The Bertz CT molecular complexity index is 868. The highest BCUT2D eigenvalue weighted by atomic mass is 16.3. The van der Waals surface area contributed by atoms with E-state index < -0.39 is 6.04 Å². The molecule has 27 heavy (non-hydrogen) atoms. The number of H-pyrrole nitrogens is 1. The monoisotopic (exact) mass is 368 g/mol. The van der Waals surface area contributed by atoms with Crippen LogP contribution in [0.5, 0.6) is 0 Å². The molecule has 0 fully saturated rings. The second kappa shape index (κ2) is 9.37. The molecule has 4 N–H and O–H groups in total. The predicted octanol–water partition coefficient (Wildman–Crippen LogP) is 4.10. The summed E-state index contributed by atoms with van der Waals surface area (Å²) in [4.78, 5) is 19.7. The van der Waals surface area contributed by atoms with Gasteiger partial charge in [-0.05, 0) is 24.5 Å². The number of carbonyl (C=O) groups is 1. The summed E-state index contributed by atoms with van der Waals surface area (Å²) in [5.41, 5.74) is 8.72. The number of amides is 1. The van der Waals surface area contributed by atoms with Crippen LogP contribution >= 0.6 is 0 Å². The van der Waals surface area contributed by atoms with Crippen LogP contribution in [0.15, 0.2) is 41.1 Å². The van der Waals surface area contributed by atoms with Crippen LogP contribution in [-0.4, -0.2) is 22.4 Å². The SMILES string of the molecule is CCCCCCCNC(=O)c1coc(C(N)Cc2c[nH]c3ccccc23)n1. The van der Waals surface area contributed by atoms with Gasteiger partial charge in [-0.1, -0.05) is 50.8 Å². The van der Waals surface area contributed by atoms with Gasteiger partial charge < -0.3 is 20.5 Å². The first-order valence-corrected chi connectivity index (χ1v) is 9.73. The van der Waals surface area contributed by atoms with Gasteiger partial charge in [-0.15, -0.1) is 0 Å². The number of nitrogens with zero attached hydrogens (tertiary/aromatic N) is 1. The molecule has 2 heterocycles. The number of aromatic nitrogens is 2. The van der Waals surface area contributed by atoms with Crippen LogP contribution in [0.4, 0.5) is 0 Å². The first-order valence-electron chi connectivity index (χ1n) is 9.73. The minimum absolute atomic E-state index is 0.209. The van der Waals surface area contributed by atoms with E-state index in [0.717, 1.165) is 29.3 Å². The maximum Gasteiger partial charge on any atom is 0.273 e. The van der Waals surface area contributed by atoms with Crippen molar-refractivity contribution in [3.05, 3.63) is 53.9 Å². The fourth-order valence-electron chi connectivity index (χ4n) is 3.21. The van der Waals surface area contributed by atoms with Gasteiger partial charge in [0.25, 0.3) is 5.91 Å². The van der Waals surface area contributed by atoms with Crippen molar-refractivity contribution in [1.29, 1.82) is 0 Å². The van der Waals surface area contributed by atoms with Crippen molar-refractivity contribution >= 4 is 16.8 Å². The highest BCUT2D eigenvalue weighted by molar-refractivity contribution is 5.91. The maximum atomic E-state index is 12.2. The zero-order valence-electron chi connectivity index (χ0n) is 15.8. The van der Waals surface area contributed by atoms with E-state index in [9.17, 15) is 4.79 Å². The predicted molar refractivity (Wildman–Crippen MR) is 107 cm³/mol. The van der Waals surface area contributed by atoms with Crippen LogP contribution in [0.2, 0.25) is 0 Å². The first kappa shape index (κ1) is 19.2. The summed E-state index contributed by atoms with van der Waals surface area (Å²) in [6.07, 6.45) is 9.72. The largest absolute Gasteiger partial charge is 0.446 e. The first-order chi connectivity index (χ1) is 13.2. The third-order valence-electron chi connectivity index (χ3n) is 4.75. The summed E-state index contributed by atoms with van der Waals surface area (Å²) in [6.45, 7) is 2.85. The summed E-state index contributed by atoms with van der Waals surface area (Å²) in [6, 6.07) is 7.68. The molecular formula is C21H28N4O2. The van der Waals surface area contributed by atoms with Crippen LogP contribution in [0.25, 0.3) is 10.9 Å². The van der Waals surface area contributed by atoms with Gasteiger partial charge >= 0.3 is 0 Å². The van der Waals surface area contributed by atoms with E-state index in [2.05, 4.69) is 28.3 Å². The molecular weight excluding hydrogens is 340 g/mol. The Kier molecular flexibility index (Phi) is 6.65. The zero-order chi connectivity index (χ0) is 19.1. The molecule has 0 spiro atoms. The summed E-state index contributed by atoms with van der Waals surface area (Å²) >= 11 is 0. The number of fused-ring (bicyclic) bond motifs is 1. The average Bonchev–Trinajstić information content (AvgIpc) is 3.32. The highest BCUT2D eigenvalue weighted by Gasteiger charge is 2.18. The fourth-order valence-corrected chi connectivity index (χ4v) is 3.21. The Labute approximate surface area is 159 Å². The number of aromatic amines is 1. The fraction of sp³-hybridized carbons (Fsp3) is 0.429. The minimum Gasteiger partial charge on any atom is -0.446 e. The molecule has 0 aliphatic rings. The molecule has 6 heteroatoms. The quantitative estimate of drug-likeness (QED) is 0.469. The third-order valence-corrected chi connectivity index (χ3v) is 4.75. The molecule has 1 unspecified atom stereocenters. The normalized spacial score (nSPS) is 12.4. The summed E-state index contributed by atoms with van der Waals surface area (Å²) in [7, 11) is 0. The summed E-state index contributed by atoms with van der Waals surface area (Å²) < 4.78 is 5.46. The molecule has 0 bridgehead atoms. The summed E-state index contributed by atoms with van der Waals surface area (Å²) in [5, 5.41) is 4.03. The van der Waals surface area contributed by atoms with E-state index in [1.54, 1.807) is 0 Å². The molecule has 1 amide bonds. The van der Waals surface area contributed by atoms with Gasteiger partial charge in [-0.2, -0.15) is 0 Å². The number of nitrogens with two attached hydrogens (primary N) is 1. The Morgan fingerprint density at radius 3 is 2.93 bits per heavy atom. The van der Waals surface area contributed by atoms with Gasteiger partial charge in [-0.25, -0.2) is 4.98 Å². The molecule has 0 aliphatic heterocycles. The average molecular weight is 368 g/mol. The van der Waals surface area contributed by atoms with E-state index in [1.165, 1.54) is 25.5 Å². The molecule has 2 aromatic heterocycles. The number of benzene rings is 1. The molecule has 3 aromatic rings. The Morgan fingerprint density at radius 2 is 2.07 bits per heavy atom. The molecule has 1 aromatic carbocycles. The lowest BCUT2D eigenvalue weighted by atomic mass is 10.1. The van der Waals surface area contributed by atoms with Gasteiger partial charge in [-0.3, -0.25) is 4.79 Å². The zero-order valence-corrected chi connectivity index (χ0v) is 15.8. The number of nitrogens with one attached hydrogen (secondary N) is 2. The molecule has 0 saturated heterocycles. The lowest BCUT2D eigenvalue weighted by molar-refractivity contribution is 0.0948. The summed E-state index contributed by atoms with van der Waals surface area (Å²) in [5.74, 6) is 0.174. The molecule has 6 nitrogen and oxygen atoms in total. The van der Waals surface area contributed by atoms with Crippen molar-refractivity contribution < 1.29 is 9.21 Å². The Balaban J connectivity index is 1.52. The highest BCUT2D eigenvalue weighted by Crippen LogP contribution is 2.23. The van der Waals surface area contributed by atoms with Crippen molar-refractivity contribution in [2.45, 2.75) is 51.5 Å². The Morgan fingerprint density at radius 1 is 1.26 bits per heavy atom. The number of hydrogen-bond acceptors (Lipinski definition) is 4. The second-order valence-corrected chi connectivity index (χ2v) is 6.91. The van der Waals surface area contributed by atoms with E-state index in [4.69, 9.17) is 10.2 Å². The molecule has 3 rings (SSSR count). The maximum absolute atomic E-state index is 12.2. The van der Waals surface area contributed by atoms with Gasteiger partial charge in [0.2, 0.25) is 5.89 Å². The van der Waals surface area contributed by atoms with Gasteiger partial charge in [0.05, 0.1) is 6.04 Å². The lowest BCUT2D eigenvalue weighted by Gasteiger charge is -2.06. The number of oxazole rings is 1. The van der Waals surface area contributed by atoms with Crippen LogP contribution in [-0.2, 0) is 6.42 Å². The topological polar surface area (TPSA) is 96.9 Å². The van der Waals surface area contributed by atoms with Crippen LogP contribution < -0.4 is 11.1 Å².